The molecule has 4 nitrogen and oxygen atoms in total. The number of carbonyl (C=O) groups excluding carboxylic acids is 1. The molecule has 0 bridgehead atoms. The number of nitrogens with one attached hydrogen (secondary N) is 1. The second kappa shape index (κ2) is 10.1. The SMILES string of the molecule is O=C(C1CNC[C@]12CCCc1nc(C(F)F)sc12)N1CC[C@@H](c2ccccc2)C[C@H]1C1CCCCC1. The van der Waals surface area contributed by atoms with Gasteiger partial charge < -0.3 is 10.2 Å². The van der Waals surface area contributed by atoms with Gasteiger partial charge in [0.2, 0.25) is 5.91 Å². The van der Waals surface area contributed by atoms with Gasteiger partial charge in [-0.2, -0.15) is 0 Å². The number of piperidine rings is 1. The number of benzene rings is 1. The smallest absolute Gasteiger partial charge is 0.289 e. The van der Waals surface area contributed by atoms with Gasteiger partial charge in [-0.1, -0.05) is 49.6 Å². The number of halogens is 2. The van der Waals surface area contributed by atoms with E-state index in [-0.39, 0.29) is 28.3 Å². The maximum Gasteiger partial charge on any atom is 0.289 e. The first-order valence-electron chi connectivity index (χ1n) is 13.9. The lowest BCUT2D eigenvalue weighted by Gasteiger charge is -2.47. The zero-order valence-electron chi connectivity index (χ0n) is 20.9. The van der Waals surface area contributed by atoms with Gasteiger partial charge in [-0.3, -0.25) is 4.79 Å². The molecule has 1 saturated carbocycles. The predicted octanol–water partition coefficient (Wildman–Crippen LogP) is 6.23. The first kappa shape index (κ1) is 24.5. The van der Waals surface area contributed by atoms with Crippen LogP contribution in [-0.4, -0.2) is 41.5 Å². The summed E-state index contributed by atoms with van der Waals surface area (Å²) in [5.41, 5.74) is 1.82. The van der Waals surface area contributed by atoms with E-state index in [2.05, 4.69) is 45.5 Å². The summed E-state index contributed by atoms with van der Waals surface area (Å²) in [4.78, 5) is 22.0. The number of amides is 1. The van der Waals surface area contributed by atoms with E-state index >= 15 is 0 Å². The van der Waals surface area contributed by atoms with E-state index in [0.29, 0.717) is 24.9 Å². The molecule has 1 aromatic heterocycles. The Morgan fingerprint density at radius 3 is 2.69 bits per heavy atom. The minimum absolute atomic E-state index is 0.0804. The third-order valence-electron chi connectivity index (χ3n) is 9.54. The highest BCUT2D eigenvalue weighted by atomic mass is 32.1. The molecular formula is C29H37F2N3OS. The van der Waals surface area contributed by atoms with Gasteiger partial charge in [0.1, 0.15) is 0 Å². The quantitative estimate of drug-likeness (QED) is 0.527. The zero-order valence-corrected chi connectivity index (χ0v) is 21.7. The summed E-state index contributed by atoms with van der Waals surface area (Å²) in [6.07, 6.45) is 8.25. The van der Waals surface area contributed by atoms with Crippen LogP contribution in [-0.2, 0) is 16.6 Å². The van der Waals surface area contributed by atoms with Gasteiger partial charge in [-0.05, 0) is 62.3 Å². The zero-order chi connectivity index (χ0) is 24.7. The highest BCUT2D eigenvalue weighted by Crippen LogP contribution is 2.50. The summed E-state index contributed by atoms with van der Waals surface area (Å²) in [6, 6.07) is 11.1. The lowest BCUT2D eigenvalue weighted by molar-refractivity contribution is -0.143. The fraction of sp³-hybridized carbons (Fsp3) is 0.655. The van der Waals surface area contributed by atoms with Crippen LogP contribution >= 0.6 is 11.3 Å². The summed E-state index contributed by atoms with van der Waals surface area (Å²) in [5.74, 6) is 1.12. The van der Waals surface area contributed by atoms with E-state index in [0.717, 1.165) is 60.6 Å². The van der Waals surface area contributed by atoms with Crippen LogP contribution in [0.15, 0.2) is 30.3 Å². The Hall–Kier alpha value is -1.86. The van der Waals surface area contributed by atoms with E-state index in [1.54, 1.807) is 0 Å². The first-order chi connectivity index (χ1) is 17.6. The van der Waals surface area contributed by atoms with Gasteiger partial charge in [-0.25, -0.2) is 13.8 Å². The number of hydrogen-bond donors (Lipinski definition) is 1. The van der Waals surface area contributed by atoms with Crippen molar-refractivity contribution in [2.24, 2.45) is 11.8 Å². The molecule has 36 heavy (non-hydrogen) atoms. The molecule has 7 heteroatoms. The van der Waals surface area contributed by atoms with Crippen LogP contribution in [0.5, 0.6) is 0 Å². The molecule has 2 aromatic rings. The third-order valence-corrected chi connectivity index (χ3v) is 10.9. The minimum atomic E-state index is -2.55. The van der Waals surface area contributed by atoms with Crippen LogP contribution in [0.4, 0.5) is 8.78 Å². The number of alkyl halides is 2. The summed E-state index contributed by atoms with van der Waals surface area (Å²) in [6.45, 7) is 2.12. The Kier molecular flexibility index (Phi) is 6.89. The Morgan fingerprint density at radius 1 is 1.11 bits per heavy atom. The Bertz CT molecular complexity index is 1070. The van der Waals surface area contributed by atoms with Crippen molar-refractivity contribution in [3.63, 3.8) is 0 Å². The van der Waals surface area contributed by atoms with Gasteiger partial charge in [0, 0.05) is 36.0 Å². The molecule has 3 heterocycles. The van der Waals surface area contributed by atoms with Crippen molar-refractivity contribution in [1.82, 2.24) is 15.2 Å². The van der Waals surface area contributed by atoms with Crippen LogP contribution in [0.2, 0.25) is 0 Å². The van der Waals surface area contributed by atoms with E-state index < -0.39 is 6.43 Å². The second-order valence-electron chi connectivity index (χ2n) is 11.5. The third kappa shape index (κ3) is 4.30. The molecule has 4 atom stereocenters. The predicted molar refractivity (Wildman–Crippen MR) is 139 cm³/mol. The van der Waals surface area contributed by atoms with Crippen molar-refractivity contribution in [3.8, 4) is 0 Å². The van der Waals surface area contributed by atoms with Gasteiger partial charge in [-0.15, -0.1) is 11.3 Å². The van der Waals surface area contributed by atoms with Crippen molar-refractivity contribution in [2.75, 3.05) is 19.6 Å². The van der Waals surface area contributed by atoms with Crippen LogP contribution < -0.4 is 5.32 Å². The van der Waals surface area contributed by atoms with Crippen LogP contribution in [0.3, 0.4) is 0 Å². The first-order valence-corrected chi connectivity index (χ1v) is 14.7. The molecule has 2 aliphatic heterocycles. The van der Waals surface area contributed by atoms with Gasteiger partial charge in [0.15, 0.2) is 5.01 Å². The number of carbonyl (C=O) groups is 1. The number of nitrogens with zero attached hydrogens (tertiary/aromatic N) is 2. The molecule has 1 aromatic carbocycles. The summed E-state index contributed by atoms with van der Waals surface area (Å²) < 4.78 is 27.1. The number of thiazole rings is 1. The number of rotatable bonds is 4. The normalized spacial score (nSPS) is 31.2. The van der Waals surface area contributed by atoms with E-state index in [9.17, 15) is 13.6 Å². The highest BCUT2D eigenvalue weighted by Gasteiger charge is 2.54. The number of aryl methyl sites for hydroxylation is 1. The molecule has 4 aliphatic rings. The number of aromatic nitrogens is 1. The van der Waals surface area contributed by atoms with Crippen LogP contribution in [0.1, 0.15) is 91.3 Å². The van der Waals surface area contributed by atoms with Crippen molar-refractivity contribution >= 4 is 17.2 Å². The van der Waals surface area contributed by atoms with Gasteiger partial charge >= 0.3 is 0 Å². The molecule has 1 N–H and O–H groups in total. The van der Waals surface area contributed by atoms with E-state index in [1.165, 1.54) is 37.7 Å². The molecule has 1 spiro atoms. The molecule has 2 aliphatic carbocycles. The summed E-state index contributed by atoms with van der Waals surface area (Å²) >= 11 is 1.16. The van der Waals surface area contributed by atoms with E-state index in [1.807, 2.05) is 0 Å². The number of likely N-dealkylation sites (tertiary alicyclic amines) is 1. The average molecular weight is 514 g/mol. The molecule has 3 fully saturated rings. The maximum absolute atomic E-state index is 14.4. The fourth-order valence-electron chi connectivity index (χ4n) is 7.75. The van der Waals surface area contributed by atoms with Crippen LogP contribution in [0.25, 0.3) is 0 Å². The minimum Gasteiger partial charge on any atom is -0.339 e. The number of fused-ring (bicyclic) bond motifs is 2. The lowest BCUT2D eigenvalue weighted by Crippen LogP contribution is -2.55. The molecule has 194 valence electrons. The topological polar surface area (TPSA) is 45.2 Å². The van der Waals surface area contributed by atoms with Crippen molar-refractivity contribution < 1.29 is 13.6 Å². The molecule has 0 radical (unpaired) electrons. The highest BCUT2D eigenvalue weighted by molar-refractivity contribution is 7.12. The summed E-state index contributed by atoms with van der Waals surface area (Å²) in [7, 11) is 0. The Balaban J connectivity index is 1.30. The average Bonchev–Trinajstić information content (AvgIpc) is 3.55. The van der Waals surface area contributed by atoms with E-state index in [4.69, 9.17) is 0 Å². The van der Waals surface area contributed by atoms with Crippen molar-refractivity contribution in [2.45, 2.75) is 88.0 Å². The van der Waals surface area contributed by atoms with Crippen molar-refractivity contribution in [1.29, 1.82) is 0 Å². The van der Waals surface area contributed by atoms with Crippen molar-refractivity contribution in [3.05, 3.63) is 51.5 Å². The standard InChI is InChI=1S/C29H37F2N3OS/c30-26(31)27-33-23-12-7-14-29(25(23)36-27)18-32-17-22(29)28(35)34-15-13-21(19-8-3-1-4-9-19)16-24(34)20-10-5-2-6-11-20/h1,3-4,8-9,20-22,24,26,32H,2,5-7,10-18H2/t21-,22?,24+,29-/m1/s1. The second-order valence-corrected chi connectivity index (χ2v) is 12.5. The molecule has 2 saturated heterocycles. The van der Waals surface area contributed by atoms with Gasteiger partial charge in [0.05, 0.1) is 11.6 Å². The monoisotopic (exact) mass is 513 g/mol. The number of hydrogen-bond acceptors (Lipinski definition) is 4. The molecule has 1 amide bonds. The maximum atomic E-state index is 14.4. The van der Waals surface area contributed by atoms with Crippen LogP contribution in [0, 0.1) is 11.8 Å². The Labute approximate surface area is 216 Å². The lowest BCUT2D eigenvalue weighted by atomic mass is 9.68. The molecule has 6 rings (SSSR count). The molecule has 1 unspecified atom stereocenters. The Morgan fingerprint density at radius 2 is 1.92 bits per heavy atom. The largest absolute Gasteiger partial charge is 0.339 e. The molecular weight excluding hydrogens is 476 g/mol. The summed E-state index contributed by atoms with van der Waals surface area (Å²) in [5, 5.41) is 3.42. The fourth-order valence-corrected chi connectivity index (χ4v) is 8.99. The van der Waals surface area contributed by atoms with Gasteiger partial charge in [0.25, 0.3) is 6.43 Å².